The van der Waals surface area contributed by atoms with Crippen molar-refractivity contribution in [3.05, 3.63) is 94.5 Å². The molecule has 0 spiro atoms. The minimum Gasteiger partial charge on any atom is -0.357 e. The summed E-state index contributed by atoms with van der Waals surface area (Å²) in [6.45, 7) is 5.21. The summed E-state index contributed by atoms with van der Waals surface area (Å²) >= 11 is 6.34. The molecule has 0 aromatic heterocycles. The van der Waals surface area contributed by atoms with E-state index in [4.69, 9.17) is 11.6 Å². The predicted octanol–water partition coefficient (Wildman–Crippen LogP) is 4.71. The van der Waals surface area contributed by atoms with Crippen molar-refractivity contribution < 1.29 is 18.0 Å². The van der Waals surface area contributed by atoms with Crippen LogP contribution in [0.2, 0.25) is 5.02 Å². The maximum Gasteiger partial charge on any atom is 0.264 e. The van der Waals surface area contributed by atoms with Gasteiger partial charge in [0.05, 0.1) is 10.6 Å². The molecule has 3 aromatic carbocycles. The second-order valence-corrected chi connectivity index (χ2v) is 11.0. The van der Waals surface area contributed by atoms with E-state index in [2.05, 4.69) is 5.32 Å². The predicted molar refractivity (Wildman–Crippen MR) is 147 cm³/mol. The molecule has 1 N–H and O–H groups in total. The van der Waals surface area contributed by atoms with E-state index in [1.807, 2.05) is 45.0 Å². The molecule has 0 radical (unpaired) electrons. The van der Waals surface area contributed by atoms with E-state index in [0.29, 0.717) is 11.4 Å². The highest BCUT2D eigenvalue weighted by Gasteiger charge is 2.33. The van der Waals surface area contributed by atoms with Gasteiger partial charge < -0.3 is 10.2 Å². The fourth-order valence-electron chi connectivity index (χ4n) is 4.04. The first-order valence-corrected chi connectivity index (χ1v) is 13.8. The average molecular weight is 542 g/mol. The maximum atomic E-state index is 13.9. The van der Waals surface area contributed by atoms with Crippen LogP contribution < -0.4 is 9.62 Å². The van der Waals surface area contributed by atoms with Crippen molar-refractivity contribution in [2.24, 2.45) is 0 Å². The van der Waals surface area contributed by atoms with Crippen molar-refractivity contribution in [1.82, 2.24) is 10.2 Å². The first-order valence-electron chi connectivity index (χ1n) is 12.0. The molecule has 3 rings (SSSR count). The number of nitrogens with zero attached hydrogens (tertiary/aromatic N) is 2. The number of aryl methyl sites for hydroxylation is 2. The summed E-state index contributed by atoms with van der Waals surface area (Å²) in [4.78, 5) is 28.2. The van der Waals surface area contributed by atoms with E-state index in [1.54, 1.807) is 30.3 Å². The van der Waals surface area contributed by atoms with Crippen LogP contribution in [0.3, 0.4) is 0 Å². The van der Waals surface area contributed by atoms with Crippen LogP contribution in [-0.4, -0.2) is 44.8 Å². The Morgan fingerprint density at radius 2 is 1.59 bits per heavy atom. The van der Waals surface area contributed by atoms with Crippen molar-refractivity contribution in [3.63, 3.8) is 0 Å². The molecule has 0 aliphatic heterocycles. The lowest BCUT2D eigenvalue weighted by molar-refractivity contribution is -0.140. The van der Waals surface area contributed by atoms with Gasteiger partial charge >= 0.3 is 0 Å². The molecule has 1 unspecified atom stereocenters. The summed E-state index contributed by atoms with van der Waals surface area (Å²) in [6.07, 6.45) is 0.360. The molecule has 196 valence electrons. The van der Waals surface area contributed by atoms with Crippen LogP contribution in [0, 0.1) is 13.8 Å². The first kappa shape index (κ1) is 28.2. The van der Waals surface area contributed by atoms with Gasteiger partial charge in [0.2, 0.25) is 11.8 Å². The molecule has 3 aromatic rings. The van der Waals surface area contributed by atoms with Gasteiger partial charge in [0.15, 0.2) is 0 Å². The Morgan fingerprint density at radius 1 is 0.946 bits per heavy atom. The van der Waals surface area contributed by atoms with Gasteiger partial charge in [0.25, 0.3) is 10.0 Å². The van der Waals surface area contributed by atoms with Crippen LogP contribution in [0.15, 0.2) is 77.7 Å². The number of amides is 2. The Hall–Kier alpha value is -3.36. The highest BCUT2D eigenvalue weighted by molar-refractivity contribution is 7.92. The SMILES string of the molecule is CCC(C(=O)NC)N(Cc1ccccc1C)C(=O)CN(c1ccc(C)c(Cl)c1)S(=O)(=O)c1ccccc1. The third-order valence-corrected chi connectivity index (χ3v) is 8.48. The van der Waals surface area contributed by atoms with Crippen molar-refractivity contribution >= 4 is 39.1 Å². The van der Waals surface area contributed by atoms with Crippen molar-refractivity contribution in [3.8, 4) is 0 Å². The second kappa shape index (κ2) is 12.3. The highest BCUT2D eigenvalue weighted by atomic mass is 35.5. The molecule has 37 heavy (non-hydrogen) atoms. The summed E-state index contributed by atoms with van der Waals surface area (Å²) < 4.78 is 28.6. The van der Waals surface area contributed by atoms with Gasteiger partial charge in [-0.15, -0.1) is 0 Å². The zero-order chi connectivity index (χ0) is 27.2. The highest BCUT2D eigenvalue weighted by Crippen LogP contribution is 2.28. The maximum absolute atomic E-state index is 13.9. The van der Waals surface area contributed by atoms with E-state index in [1.165, 1.54) is 30.1 Å². The van der Waals surface area contributed by atoms with E-state index in [0.717, 1.165) is 21.0 Å². The van der Waals surface area contributed by atoms with Gasteiger partial charge in [-0.1, -0.05) is 67.1 Å². The number of nitrogens with one attached hydrogen (secondary N) is 1. The molecule has 7 nitrogen and oxygen atoms in total. The Bertz CT molecular complexity index is 1360. The number of hydrogen-bond acceptors (Lipinski definition) is 4. The lowest BCUT2D eigenvalue weighted by atomic mass is 10.1. The van der Waals surface area contributed by atoms with E-state index < -0.39 is 28.5 Å². The zero-order valence-corrected chi connectivity index (χ0v) is 23.0. The number of anilines is 1. The van der Waals surface area contributed by atoms with E-state index in [9.17, 15) is 18.0 Å². The van der Waals surface area contributed by atoms with Gasteiger partial charge in [-0.05, 0) is 61.2 Å². The molecule has 0 bridgehead atoms. The molecular weight excluding hydrogens is 510 g/mol. The lowest BCUT2D eigenvalue weighted by Gasteiger charge is -2.33. The summed E-state index contributed by atoms with van der Waals surface area (Å²) in [7, 11) is -2.61. The van der Waals surface area contributed by atoms with Crippen LogP contribution in [0.1, 0.15) is 30.0 Å². The van der Waals surface area contributed by atoms with Crippen LogP contribution in [0.4, 0.5) is 5.69 Å². The van der Waals surface area contributed by atoms with Crippen LogP contribution >= 0.6 is 11.6 Å². The van der Waals surface area contributed by atoms with Gasteiger partial charge in [-0.3, -0.25) is 13.9 Å². The van der Waals surface area contributed by atoms with Gasteiger partial charge in [0.1, 0.15) is 12.6 Å². The zero-order valence-electron chi connectivity index (χ0n) is 21.4. The summed E-state index contributed by atoms with van der Waals surface area (Å²) in [5.41, 5.74) is 2.87. The monoisotopic (exact) mass is 541 g/mol. The fourth-order valence-corrected chi connectivity index (χ4v) is 5.64. The fraction of sp³-hybridized carbons (Fsp3) is 0.286. The lowest BCUT2D eigenvalue weighted by Crippen LogP contribution is -2.51. The number of sulfonamides is 1. The molecule has 0 fully saturated rings. The third-order valence-electron chi connectivity index (χ3n) is 6.29. The number of carbonyl (C=O) groups is 2. The largest absolute Gasteiger partial charge is 0.357 e. The summed E-state index contributed by atoms with van der Waals surface area (Å²) in [5.74, 6) is -0.824. The van der Waals surface area contributed by atoms with Crippen LogP contribution in [0.5, 0.6) is 0 Å². The number of likely N-dealkylation sites (N-methyl/N-ethyl adjacent to an activating group) is 1. The molecule has 1 atom stereocenters. The van der Waals surface area contributed by atoms with Crippen molar-refractivity contribution in [1.29, 1.82) is 0 Å². The van der Waals surface area contributed by atoms with E-state index >= 15 is 0 Å². The molecule has 0 heterocycles. The quantitative estimate of drug-likeness (QED) is 0.403. The number of halogens is 1. The summed E-state index contributed by atoms with van der Waals surface area (Å²) in [6, 6.07) is 19.6. The summed E-state index contributed by atoms with van der Waals surface area (Å²) in [5, 5.41) is 3.01. The minimum absolute atomic E-state index is 0.0447. The third kappa shape index (κ3) is 6.50. The molecule has 9 heteroatoms. The molecular formula is C28H32ClN3O4S. The van der Waals surface area contributed by atoms with Crippen molar-refractivity contribution in [2.75, 3.05) is 17.9 Å². The van der Waals surface area contributed by atoms with Crippen molar-refractivity contribution in [2.45, 2.75) is 44.7 Å². The van der Waals surface area contributed by atoms with Gasteiger partial charge in [-0.25, -0.2) is 8.42 Å². The smallest absolute Gasteiger partial charge is 0.264 e. The van der Waals surface area contributed by atoms with Gasteiger partial charge in [-0.2, -0.15) is 0 Å². The molecule has 0 saturated heterocycles. The van der Waals surface area contributed by atoms with Crippen LogP contribution in [0.25, 0.3) is 0 Å². The number of hydrogen-bond donors (Lipinski definition) is 1. The Balaban J connectivity index is 2.09. The van der Waals surface area contributed by atoms with E-state index in [-0.39, 0.29) is 23.0 Å². The number of carbonyl (C=O) groups excluding carboxylic acids is 2. The van der Waals surface area contributed by atoms with Crippen LogP contribution in [-0.2, 0) is 26.2 Å². The normalized spacial score (nSPS) is 12.0. The first-order chi connectivity index (χ1) is 17.6. The standard InChI is InChI=1S/C28H32ClN3O4S/c1-5-26(28(34)30-4)31(18-22-12-10-9-11-20(22)2)27(33)19-32(23-16-15-21(3)25(29)17-23)37(35,36)24-13-7-6-8-14-24/h6-17,26H,5,18-19H2,1-4H3,(H,30,34). The Morgan fingerprint density at radius 3 is 2.19 bits per heavy atom. The molecule has 2 amide bonds. The number of rotatable bonds is 10. The van der Waals surface area contributed by atoms with Gasteiger partial charge in [0, 0.05) is 18.6 Å². The molecule has 0 saturated carbocycles. The Kier molecular flexibility index (Phi) is 9.34. The Labute approximate surface area is 224 Å². The average Bonchev–Trinajstić information content (AvgIpc) is 2.90. The molecule has 0 aliphatic rings. The molecule has 0 aliphatic carbocycles. The second-order valence-electron chi connectivity index (χ2n) is 8.74. The minimum atomic E-state index is -4.12. The number of benzene rings is 3. The topological polar surface area (TPSA) is 86.8 Å².